The van der Waals surface area contributed by atoms with Crippen LogP contribution in [0.5, 0.6) is 0 Å². The fourth-order valence-electron chi connectivity index (χ4n) is 2.23. The number of likely N-dealkylation sites (tertiary alicyclic amines) is 1. The van der Waals surface area contributed by atoms with E-state index in [0.29, 0.717) is 12.5 Å². The van der Waals surface area contributed by atoms with Crippen molar-refractivity contribution >= 4 is 12.0 Å². The predicted octanol–water partition coefficient (Wildman–Crippen LogP) is 1.68. The number of hydrogen-bond donors (Lipinski definition) is 0. The Balaban J connectivity index is 2.40. The van der Waals surface area contributed by atoms with Crippen LogP contribution in [-0.4, -0.2) is 40.8 Å². The smallest absolute Gasteiger partial charge is 0.323 e. The lowest BCUT2D eigenvalue weighted by molar-refractivity contribution is -0.116. The van der Waals surface area contributed by atoms with Crippen LogP contribution in [0.15, 0.2) is 12.7 Å². The molecule has 1 fully saturated rings. The van der Waals surface area contributed by atoms with Gasteiger partial charge in [0.2, 0.25) is 5.78 Å². The van der Waals surface area contributed by atoms with E-state index in [1.165, 1.54) is 12.8 Å². The predicted molar refractivity (Wildman–Crippen MR) is 63.3 cm³/mol. The monoisotopic (exact) mass is 221 g/mol. The van der Waals surface area contributed by atoms with Gasteiger partial charge >= 0.3 is 6.21 Å². The quantitative estimate of drug-likeness (QED) is 0.296. The summed E-state index contributed by atoms with van der Waals surface area (Å²) < 4.78 is 0. The highest BCUT2D eigenvalue weighted by Gasteiger charge is 2.21. The van der Waals surface area contributed by atoms with Crippen molar-refractivity contribution in [3.05, 3.63) is 18.2 Å². The Kier molecular flexibility index (Phi) is 5.68. The molecular weight excluding hydrogens is 202 g/mol. The Hall–Kier alpha value is -1.25. The zero-order valence-corrected chi connectivity index (χ0v) is 9.64. The van der Waals surface area contributed by atoms with Crippen LogP contribution in [0, 0.1) is 0 Å². The van der Waals surface area contributed by atoms with Crippen molar-refractivity contribution in [3.8, 4) is 0 Å². The first-order valence-electron chi connectivity index (χ1n) is 5.83. The molecule has 1 aliphatic rings. The van der Waals surface area contributed by atoms with Gasteiger partial charge in [0.25, 0.3) is 0 Å². The molecule has 0 spiro atoms. The molecule has 1 unspecified atom stereocenters. The number of carbonyl (C=O) groups excluding carboxylic acids is 1. The Labute approximate surface area is 96.6 Å². The van der Waals surface area contributed by atoms with Crippen LogP contribution in [0.25, 0.3) is 5.53 Å². The van der Waals surface area contributed by atoms with Gasteiger partial charge in [0.15, 0.2) is 0 Å². The molecule has 88 valence electrons. The topological polar surface area (TPSA) is 56.7 Å². The zero-order chi connectivity index (χ0) is 11.8. The Bertz CT molecular complexity index is 295. The van der Waals surface area contributed by atoms with Crippen molar-refractivity contribution in [3.63, 3.8) is 0 Å². The van der Waals surface area contributed by atoms with Crippen molar-refractivity contribution < 1.29 is 9.58 Å². The van der Waals surface area contributed by atoms with Crippen LogP contribution in [0.1, 0.15) is 32.1 Å². The fourth-order valence-corrected chi connectivity index (χ4v) is 2.23. The van der Waals surface area contributed by atoms with Gasteiger partial charge in [-0.1, -0.05) is 12.5 Å². The summed E-state index contributed by atoms with van der Waals surface area (Å²) in [6.45, 7) is 5.74. The van der Waals surface area contributed by atoms with Gasteiger partial charge in [-0.3, -0.25) is 9.69 Å². The lowest BCUT2D eigenvalue weighted by Crippen LogP contribution is -2.39. The summed E-state index contributed by atoms with van der Waals surface area (Å²) in [4.78, 5) is 16.3. The van der Waals surface area contributed by atoms with E-state index in [1.54, 1.807) is 0 Å². The average molecular weight is 221 g/mol. The number of Topliss-reactive ketones (excluding diaryl/α,β-unsaturated/α-hetero) is 1. The van der Waals surface area contributed by atoms with E-state index in [1.807, 2.05) is 6.08 Å². The summed E-state index contributed by atoms with van der Waals surface area (Å²) in [7, 11) is 0. The number of piperidine rings is 1. The van der Waals surface area contributed by atoms with E-state index in [4.69, 9.17) is 5.53 Å². The second-order valence-electron chi connectivity index (χ2n) is 4.18. The average Bonchev–Trinajstić information content (AvgIpc) is 2.29. The fraction of sp³-hybridized carbons (Fsp3) is 0.667. The van der Waals surface area contributed by atoms with Gasteiger partial charge in [0.05, 0.1) is 0 Å². The van der Waals surface area contributed by atoms with Crippen LogP contribution in [0.4, 0.5) is 0 Å². The van der Waals surface area contributed by atoms with E-state index < -0.39 is 0 Å². The molecule has 16 heavy (non-hydrogen) atoms. The highest BCUT2D eigenvalue weighted by molar-refractivity contribution is 6.25. The molecule has 0 aliphatic carbocycles. The molecule has 1 rings (SSSR count). The minimum atomic E-state index is -0.105. The maximum absolute atomic E-state index is 11.2. The Morgan fingerprint density at radius 2 is 2.38 bits per heavy atom. The maximum atomic E-state index is 11.2. The first-order valence-corrected chi connectivity index (χ1v) is 5.83. The van der Waals surface area contributed by atoms with Gasteiger partial charge in [0, 0.05) is 19.0 Å². The molecule has 0 aromatic carbocycles. The van der Waals surface area contributed by atoms with Crippen LogP contribution in [-0.2, 0) is 4.79 Å². The Morgan fingerprint density at radius 3 is 3.06 bits per heavy atom. The molecule has 4 heteroatoms. The van der Waals surface area contributed by atoms with Gasteiger partial charge in [0.1, 0.15) is 0 Å². The SMILES string of the molecule is C=CCN1CCCCC1CCC(=O)C=[N+]=[N-]. The molecule has 0 aromatic heterocycles. The molecule has 1 aliphatic heterocycles. The van der Waals surface area contributed by atoms with Crippen molar-refractivity contribution in [1.82, 2.24) is 4.90 Å². The molecule has 4 nitrogen and oxygen atoms in total. The van der Waals surface area contributed by atoms with Gasteiger partial charge in [-0.25, -0.2) is 0 Å². The minimum absolute atomic E-state index is 0.105. The molecule has 0 radical (unpaired) electrons. The largest absolute Gasteiger partial charge is 0.361 e. The number of ketones is 1. The molecule has 0 amide bonds. The van der Waals surface area contributed by atoms with Gasteiger partial charge in [-0.2, -0.15) is 4.79 Å². The van der Waals surface area contributed by atoms with Crippen molar-refractivity contribution in [2.24, 2.45) is 0 Å². The first kappa shape index (κ1) is 12.8. The molecule has 0 saturated carbocycles. The molecule has 0 bridgehead atoms. The summed E-state index contributed by atoms with van der Waals surface area (Å²) in [5.41, 5.74) is 8.23. The van der Waals surface area contributed by atoms with Crippen LogP contribution in [0.2, 0.25) is 0 Å². The molecule has 0 N–H and O–H groups in total. The normalized spacial score (nSPS) is 21.1. The van der Waals surface area contributed by atoms with E-state index in [9.17, 15) is 4.79 Å². The number of hydrogen-bond acceptors (Lipinski definition) is 2. The molecule has 0 aromatic rings. The van der Waals surface area contributed by atoms with E-state index in [0.717, 1.165) is 32.1 Å². The van der Waals surface area contributed by atoms with Gasteiger partial charge in [-0.05, 0) is 25.8 Å². The number of carbonyl (C=O) groups is 1. The highest BCUT2D eigenvalue weighted by Crippen LogP contribution is 2.20. The minimum Gasteiger partial charge on any atom is -0.361 e. The third-order valence-electron chi connectivity index (χ3n) is 3.04. The van der Waals surface area contributed by atoms with E-state index in [-0.39, 0.29) is 5.78 Å². The molecular formula is C12H19N3O. The van der Waals surface area contributed by atoms with Crippen LogP contribution < -0.4 is 0 Å². The summed E-state index contributed by atoms with van der Waals surface area (Å²) in [6.07, 6.45) is 7.82. The second kappa shape index (κ2) is 7.09. The first-order chi connectivity index (χ1) is 7.77. The standard InChI is InChI=1S/C12H19N3O/c1-2-8-15-9-4-3-5-11(15)6-7-12(16)10-14-13/h2,10-11H,1,3-9H2. The van der Waals surface area contributed by atoms with Crippen LogP contribution >= 0.6 is 0 Å². The highest BCUT2D eigenvalue weighted by atomic mass is 16.1. The lowest BCUT2D eigenvalue weighted by Gasteiger charge is -2.34. The zero-order valence-electron chi connectivity index (χ0n) is 9.64. The molecule has 1 heterocycles. The number of rotatable bonds is 6. The summed E-state index contributed by atoms with van der Waals surface area (Å²) in [6, 6.07) is 0.475. The van der Waals surface area contributed by atoms with Gasteiger partial charge in [-0.15, -0.1) is 6.58 Å². The van der Waals surface area contributed by atoms with Crippen LogP contribution in [0.3, 0.4) is 0 Å². The van der Waals surface area contributed by atoms with E-state index in [2.05, 4.69) is 16.3 Å². The lowest BCUT2D eigenvalue weighted by atomic mass is 9.97. The third kappa shape index (κ3) is 4.09. The van der Waals surface area contributed by atoms with Crippen molar-refractivity contribution in [1.29, 1.82) is 0 Å². The third-order valence-corrected chi connectivity index (χ3v) is 3.04. The molecule has 1 saturated heterocycles. The summed E-state index contributed by atoms with van der Waals surface area (Å²) in [5.74, 6) is -0.105. The van der Waals surface area contributed by atoms with Gasteiger partial charge < -0.3 is 5.53 Å². The van der Waals surface area contributed by atoms with Crippen molar-refractivity contribution in [2.45, 2.75) is 38.1 Å². The summed E-state index contributed by atoms with van der Waals surface area (Å²) >= 11 is 0. The van der Waals surface area contributed by atoms with E-state index >= 15 is 0 Å². The molecule has 1 atom stereocenters. The number of nitrogens with zero attached hydrogens (tertiary/aromatic N) is 3. The maximum Gasteiger partial charge on any atom is 0.323 e. The second-order valence-corrected chi connectivity index (χ2v) is 4.18. The summed E-state index contributed by atoms with van der Waals surface area (Å²) in [5, 5.41) is 0. The Morgan fingerprint density at radius 1 is 1.56 bits per heavy atom. The van der Waals surface area contributed by atoms with Crippen molar-refractivity contribution in [2.75, 3.05) is 13.1 Å².